The number of aromatic nitrogens is 2. The molecule has 2 atom stereocenters. The second kappa shape index (κ2) is 11.0. The first-order chi connectivity index (χ1) is 19.6. The molecule has 2 aliphatic rings. The average Bonchev–Trinajstić information content (AvgIpc) is 3.32. The first-order valence-electron chi connectivity index (χ1n) is 12.6. The summed E-state index contributed by atoms with van der Waals surface area (Å²) in [4.78, 5) is 50.7. The lowest BCUT2D eigenvalue weighted by molar-refractivity contribution is -0.133. The smallest absolute Gasteiger partial charge is 0.252 e. The number of nitriles is 1. The van der Waals surface area contributed by atoms with Crippen LogP contribution < -0.4 is 15.1 Å². The summed E-state index contributed by atoms with van der Waals surface area (Å²) >= 11 is 0. The lowest BCUT2D eigenvalue weighted by Gasteiger charge is -2.39. The van der Waals surface area contributed by atoms with Crippen molar-refractivity contribution in [1.29, 1.82) is 5.26 Å². The number of rotatable bonds is 7. The maximum Gasteiger partial charge on any atom is 0.252 e. The summed E-state index contributed by atoms with van der Waals surface area (Å²) in [5.74, 6) is -7.07. The summed E-state index contributed by atoms with van der Waals surface area (Å²) in [6.07, 6.45) is 1.86. The van der Waals surface area contributed by atoms with Crippen LogP contribution in [0, 0.1) is 23.0 Å². The van der Waals surface area contributed by atoms with Crippen LogP contribution in [0.2, 0.25) is 0 Å². The van der Waals surface area contributed by atoms with Crippen molar-refractivity contribution in [3.05, 3.63) is 83.8 Å². The fourth-order valence-corrected chi connectivity index (χ4v) is 5.06. The predicted octanol–water partition coefficient (Wildman–Crippen LogP) is 3.81. The molecule has 3 heterocycles. The van der Waals surface area contributed by atoms with E-state index < -0.39 is 66.2 Å². The van der Waals surface area contributed by atoms with E-state index in [1.165, 1.54) is 36.5 Å². The molecule has 2 fully saturated rings. The monoisotopic (exact) mass is 566 g/mol. The van der Waals surface area contributed by atoms with Crippen molar-refractivity contribution in [3.8, 4) is 6.07 Å². The van der Waals surface area contributed by atoms with Gasteiger partial charge in [0.15, 0.2) is 0 Å². The first-order valence-corrected chi connectivity index (χ1v) is 12.6. The van der Waals surface area contributed by atoms with Gasteiger partial charge in [0.25, 0.3) is 11.8 Å². The molecule has 0 radical (unpaired) electrons. The molecule has 0 bridgehead atoms. The van der Waals surface area contributed by atoms with Crippen molar-refractivity contribution in [3.63, 3.8) is 0 Å². The fraction of sp³-hybridized carbons (Fsp3) is 0.286. The Labute approximate surface area is 231 Å². The van der Waals surface area contributed by atoms with Crippen molar-refractivity contribution in [2.75, 3.05) is 9.80 Å². The van der Waals surface area contributed by atoms with Gasteiger partial charge in [0.05, 0.1) is 29.7 Å². The number of alkyl halides is 2. The lowest BCUT2D eigenvalue weighted by atomic mass is 9.87. The van der Waals surface area contributed by atoms with E-state index >= 15 is 4.39 Å². The predicted molar refractivity (Wildman–Crippen MR) is 136 cm³/mol. The number of nitrogens with one attached hydrogen (secondary N) is 1. The summed E-state index contributed by atoms with van der Waals surface area (Å²) in [7, 11) is 0. The summed E-state index contributed by atoms with van der Waals surface area (Å²) in [6.45, 7) is 0. The molecule has 9 nitrogen and oxygen atoms in total. The van der Waals surface area contributed by atoms with E-state index in [2.05, 4.69) is 15.3 Å². The first kappa shape index (κ1) is 27.7. The molecule has 210 valence electrons. The van der Waals surface area contributed by atoms with Gasteiger partial charge in [0.1, 0.15) is 29.5 Å². The van der Waals surface area contributed by atoms with Gasteiger partial charge in [-0.05, 0) is 24.6 Å². The van der Waals surface area contributed by atoms with Crippen LogP contribution in [0.4, 0.5) is 29.1 Å². The highest BCUT2D eigenvalue weighted by molar-refractivity contribution is 6.10. The van der Waals surface area contributed by atoms with Crippen molar-refractivity contribution in [2.45, 2.75) is 49.7 Å². The highest BCUT2D eigenvalue weighted by Crippen LogP contribution is 2.39. The van der Waals surface area contributed by atoms with Crippen LogP contribution in [0.25, 0.3) is 0 Å². The number of hydrogen-bond donors (Lipinski definition) is 1. The minimum atomic E-state index is -2.97. The summed E-state index contributed by atoms with van der Waals surface area (Å²) in [6, 6.07) is 6.67. The molecule has 5 rings (SSSR count). The SMILES string of the molecule is N#Cc1ccnc(N2C(=O)CCC2C(=O)N(c2cncc(F)c2)[C@H](C(=O)NC2CC(F)(F)C2)c2ccccc2F)c1. The van der Waals surface area contributed by atoms with Crippen molar-refractivity contribution >= 4 is 29.2 Å². The number of halogens is 4. The van der Waals surface area contributed by atoms with Crippen LogP contribution in [-0.2, 0) is 14.4 Å². The number of carbonyl (C=O) groups is 3. The van der Waals surface area contributed by atoms with Crippen LogP contribution >= 0.6 is 0 Å². The van der Waals surface area contributed by atoms with Gasteiger partial charge < -0.3 is 5.32 Å². The maximum absolute atomic E-state index is 15.2. The van der Waals surface area contributed by atoms with Crippen molar-refractivity contribution in [2.24, 2.45) is 0 Å². The highest BCUT2D eigenvalue weighted by Gasteiger charge is 2.48. The van der Waals surface area contributed by atoms with Gasteiger partial charge in [-0.25, -0.2) is 22.5 Å². The molecule has 1 unspecified atom stereocenters. The minimum Gasteiger partial charge on any atom is -0.351 e. The van der Waals surface area contributed by atoms with Gasteiger partial charge in [0.2, 0.25) is 11.8 Å². The standard InChI is InChI=1S/C28H22F4N6O3/c29-17-10-19(15-34-14-17)37(27(41)22-5-6-24(39)38(22)23-9-16(13-33)7-8-35-23)25(20-3-1-2-4-21(20)30)26(40)36-18-11-28(31,32)12-18/h1-4,7-10,14-15,18,22,25H,5-6,11-12H2,(H,36,40)/t22?,25-/m0/s1. The van der Waals surface area contributed by atoms with Gasteiger partial charge in [-0.2, -0.15) is 5.26 Å². The quantitative estimate of drug-likeness (QED) is 0.435. The lowest BCUT2D eigenvalue weighted by Crippen LogP contribution is -2.56. The van der Waals surface area contributed by atoms with Gasteiger partial charge in [-0.3, -0.25) is 29.2 Å². The molecule has 2 aromatic heterocycles. The summed E-state index contributed by atoms with van der Waals surface area (Å²) in [5.41, 5.74) is -0.336. The Bertz CT molecular complexity index is 1550. The van der Waals surface area contributed by atoms with Crippen LogP contribution in [0.15, 0.2) is 61.1 Å². The third kappa shape index (κ3) is 5.58. The number of pyridine rings is 2. The van der Waals surface area contributed by atoms with Crippen molar-refractivity contribution in [1.82, 2.24) is 15.3 Å². The Hall–Kier alpha value is -4.86. The van der Waals surface area contributed by atoms with Gasteiger partial charge in [-0.15, -0.1) is 0 Å². The Morgan fingerprint density at radius 2 is 1.90 bits per heavy atom. The summed E-state index contributed by atoms with van der Waals surface area (Å²) < 4.78 is 56.7. The second-order valence-electron chi connectivity index (χ2n) is 9.80. The fourth-order valence-electron chi connectivity index (χ4n) is 5.06. The van der Waals surface area contributed by atoms with Crippen LogP contribution in [0.1, 0.15) is 42.9 Å². The van der Waals surface area contributed by atoms with Crippen LogP contribution in [0.5, 0.6) is 0 Å². The normalized spacial score (nSPS) is 18.8. The topological polar surface area (TPSA) is 119 Å². The molecule has 0 spiro atoms. The largest absolute Gasteiger partial charge is 0.351 e. The van der Waals surface area contributed by atoms with E-state index in [4.69, 9.17) is 0 Å². The van der Waals surface area contributed by atoms with Crippen molar-refractivity contribution < 1.29 is 31.9 Å². The Balaban J connectivity index is 1.61. The highest BCUT2D eigenvalue weighted by atomic mass is 19.3. The molecular formula is C28H22F4N6O3. The zero-order valence-corrected chi connectivity index (χ0v) is 21.3. The van der Waals surface area contributed by atoms with E-state index in [9.17, 15) is 32.8 Å². The molecule has 13 heteroatoms. The Morgan fingerprint density at radius 1 is 1.15 bits per heavy atom. The molecule has 3 amide bonds. The molecule has 3 aromatic rings. The van der Waals surface area contributed by atoms with Gasteiger partial charge >= 0.3 is 0 Å². The number of benzene rings is 1. The van der Waals surface area contributed by atoms with E-state index in [1.54, 1.807) is 0 Å². The van der Waals surface area contributed by atoms with E-state index in [0.29, 0.717) is 0 Å². The Kier molecular flexibility index (Phi) is 7.40. The maximum atomic E-state index is 15.2. The molecule has 1 aliphatic carbocycles. The number of nitrogens with zero attached hydrogens (tertiary/aromatic N) is 5. The van der Waals surface area contributed by atoms with Crippen LogP contribution in [-0.4, -0.2) is 45.7 Å². The molecule has 1 aliphatic heterocycles. The van der Waals surface area contributed by atoms with Crippen LogP contribution in [0.3, 0.4) is 0 Å². The number of amides is 3. The third-order valence-electron chi connectivity index (χ3n) is 6.97. The molecule has 1 N–H and O–H groups in total. The number of carbonyl (C=O) groups excluding carboxylic acids is 3. The van der Waals surface area contributed by atoms with Gasteiger partial charge in [0, 0.05) is 43.1 Å². The molecule has 41 heavy (non-hydrogen) atoms. The molecular weight excluding hydrogens is 544 g/mol. The van der Waals surface area contributed by atoms with E-state index in [0.717, 1.165) is 34.3 Å². The number of hydrogen-bond acceptors (Lipinski definition) is 6. The minimum absolute atomic E-state index is 0.00538. The zero-order valence-electron chi connectivity index (χ0n) is 21.3. The zero-order chi connectivity index (χ0) is 29.3. The number of anilines is 2. The molecule has 1 saturated heterocycles. The third-order valence-corrected chi connectivity index (χ3v) is 6.97. The summed E-state index contributed by atoms with van der Waals surface area (Å²) in [5, 5.41) is 11.8. The average molecular weight is 567 g/mol. The van der Waals surface area contributed by atoms with E-state index in [-0.39, 0.29) is 35.5 Å². The second-order valence-corrected chi connectivity index (χ2v) is 9.80. The molecule has 1 saturated carbocycles. The van der Waals surface area contributed by atoms with Gasteiger partial charge in [-0.1, -0.05) is 18.2 Å². The Morgan fingerprint density at radius 3 is 2.59 bits per heavy atom. The van der Waals surface area contributed by atoms with E-state index in [1.807, 2.05) is 6.07 Å². The molecule has 1 aromatic carbocycles.